The molecule has 0 aliphatic heterocycles. The van der Waals surface area contributed by atoms with Gasteiger partial charge in [-0.25, -0.2) is 9.52 Å². The van der Waals surface area contributed by atoms with Gasteiger partial charge in [-0.05, 0) is 12.1 Å². The number of rotatable bonds is 6. The topological polar surface area (TPSA) is 120 Å². The molecule has 0 unspecified atom stereocenters. The van der Waals surface area contributed by atoms with Gasteiger partial charge in [0.05, 0.1) is 12.8 Å². The maximum atomic E-state index is 11.5. The van der Waals surface area contributed by atoms with Gasteiger partial charge in [-0.2, -0.15) is 8.42 Å². The van der Waals surface area contributed by atoms with Gasteiger partial charge in [-0.1, -0.05) is 18.3 Å². The minimum Gasteiger partial charge on any atom is -0.486 e. The van der Waals surface area contributed by atoms with E-state index in [1.54, 1.807) is 16.9 Å². The molecule has 0 fully saturated rings. The van der Waals surface area contributed by atoms with Gasteiger partial charge in [-0.3, -0.25) is 4.72 Å². The molecule has 8 nitrogen and oxygen atoms in total. The second-order valence-electron chi connectivity index (χ2n) is 3.48. The van der Waals surface area contributed by atoms with Gasteiger partial charge in [0.2, 0.25) is 0 Å². The lowest BCUT2D eigenvalue weighted by Crippen LogP contribution is -2.35. The second kappa shape index (κ2) is 6.91. The van der Waals surface area contributed by atoms with Gasteiger partial charge in [0.15, 0.2) is 0 Å². The van der Waals surface area contributed by atoms with Crippen molar-refractivity contribution < 1.29 is 22.7 Å². The number of amides is 1. The average Bonchev–Trinajstić information content (AvgIpc) is 2.35. The van der Waals surface area contributed by atoms with Crippen LogP contribution in [0.3, 0.4) is 0 Å². The van der Waals surface area contributed by atoms with Crippen LogP contribution in [0.2, 0.25) is 0 Å². The summed E-state index contributed by atoms with van der Waals surface area (Å²) < 4.78 is 36.3. The molecule has 0 spiro atoms. The first kappa shape index (κ1) is 16.0. The summed E-state index contributed by atoms with van der Waals surface area (Å²) >= 11 is 4.66. The molecule has 20 heavy (non-hydrogen) atoms. The van der Waals surface area contributed by atoms with Crippen molar-refractivity contribution in [1.29, 1.82) is 0 Å². The minimum atomic E-state index is -4.07. The van der Waals surface area contributed by atoms with Crippen molar-refractivity contribution in [3.05, 3.63) is 24.3 Å². The van der Waals surface area contributed by atoms with Gasteiger partial charge < -0.3 is 15.2 Å². The lowest BCUT2D eigenvalue weighted by Gasteiger charge is -2.10. The van der Waals surface area contributed by atoms with E-state index in [2.05, 4.69) is 21.7 Å². The van der Waals surface area contributed by atoms with Crippen molar-refractivity contribution in [2.75, 3.05) is 18.4 Å². The summed E-state index contributed by atoms with van der Waals surface area (Å²) in [5, 5.41) is 0. The summed E-state index contributed by atoms with van der Waals surface area (Å²) in [6.45, 7) is 0.0337. The number of hydrogen-bond acceptors (Lipinski definition) is 6. The van der Waals surface area contributed by atoms with Crippen molar-refractivity contribution in [3.63, 3.8) is 0 Å². The van der Waals surface area contributed by atoms with E-state index in [-0.39, 0.29) is 17.3 Å². The molecule has 0 saturated heterocycles. The minimum absolute atomic E-state index is 0.0337. The first-order chi connectivity index (χ1) is 9.32. The number of nitrogens with one attached hydrogen (secondary N) is 2. The van der Waals surface area contributed by atoms with Gasteiger partial charge >= 0.3 is 16.3 Å². The number of benzene rings is 1. The molecule has 0 radical (unpaired) electrons. The van der Waals surface area contributed by atoms with Crippen molar-refractivity contribution in [2.24, 2.45) is 5.73 Å². The molecular formula is C10H13N3O5S2. The summed E-state index contributed by atoms with van der Waals surface area (Å²) in [7, 11) is -3.02. The summed E-state index contributed by atoms with van der Waals surface area (Å²) in [6.07, 6.45) is -1.10. The molecule has 0 bridgehead atoms. The van der Waals surface area contributed by atoms with Crippen LogP contribution in [0.25, 0.3) is 0 Å². The van der Waals surface area contributed by atoms with Crippen molar-refractivity contribution in [1.82, 2.24) is 4.72 Å². The SMILES string of the molecule is COC(=O)NS(=O)(=O)Nc1cccc(OCC(N)=S)c1. The number of anilines is 1. The first-order valence-corrected chi connectivity index (χ1v) is 7.11. The van der Waals surface area contributed by atoms with Crippen LogP contribution in [0, 0.1) is 0 Å². The van der Waals surface area contributed by atoms with Crippen LogP contribution in [-0.4, -0.2) is 33.2 Å². The van der Waals surface area contributed by atoms with Gasteiger partial charge in [-0.15, -0.1) is 0 Å². The summed E-state index contributed by atoms with van der Waals surface area (Å²) in [5.74, 6) is 0.371. The largest absolute Gasteiger partial charge is 0.486 e. The Morgan fingerprint density at radius 2 is 2.15 bits per heavy atom. The quantitative estimate of drug-likeness (QED) is 0.648. The van der Waals surface area contributed by atoms with E-state index >= 15 is 0 Å². The lowest BCUT2D eigenvalue weighted by atomic mass is 10.3. The van der Waals surface area contributed by atoms with Gasteiger partial charge in [0.25, 0.3) is 0 Å². The summed E-state index contributed by atoms with van der Waals surface area (Å²) in [4.78, 5) is 11.0. The summed E-state index contributed by atoms with van der Waals surface area (Å²) in [5.41, 5.74) is 5.48. The Labute approximate surface area is 121 Å². The van der Waals surface area contributed by atoms with E-state index in [0.717, 1.165) is 7.11 Å². The lowest BCUT2D eigenvalue weighted by molar-refractivity contribution is 0.177. The molecule has 0 atom stereocenters. The zero-order valence-corrected chi connectivity index (χ0v) is 12.1. The Bertz CT molecular complexity index is 603. The molecule has 1 amide bonds. The van der Waals surface area contributed by atoms with Crippen LogP contribution < -0.4 is 19.9 Å². The third-order valence-electron chi connectivity index (χ3n) is 1.87. The molecule has 110 valence electrons. The standard InChI is InChI=1S/C10H13N3O5S2/c1-17-10(14)13-20(15,16)12-7-3-2-4-8(5-7)18-6-9(11)19/h2-5,12H,6H2,1H3,(H2,11,19)(H,13,14). The van der Waals surface area contributed by atoms with E-state index in [1.807, 2.05) is 0 Å². The highest BCUT2D eigenvalue weighted by molar-refractivity contribution is 7.91. The first-order valence-electron chi connectivity index (χ1n) is 5.22. The van der Waals surface area contributed by atoms with Crippen LogP contribution in [0.1, 0.15) is 0 Å². The molecule has 0 heterocycles. The Hall–Kier alpha value is -2.07. The van der Waals surface area contributed by atoms with E-state index in [4.69, 9.17) is 10.5 Å². The maximum absolute atomic E-state index is 11.5. The molecule has 0 aliphatic rings. The zero-order valence-electron chi connectivity index (χ0n) is 10.5. The Balaban J connectivity index is 2.75. The van der Waals surface area contributed by atoms with Gasteiger partial charge in [0, 0.05) is 6.07 Å². The smallest absolute Gasteiger partial charge is 0.422 e. The Kier molecular flexibility index (Phi) is 5.53. The fraction of sp³-hybridized carbons (Fsp3) is 0.200. The highest BCUT2D eigenvalue weighted by Gasteiger charge is 2.14. The third kappa shape index (κ3) is 5.71. The second-order valence-corrected chi connectivity index (χ2v) is 5.42. The molecule has 0 aromatic heterocycles. The predicted octanol–water partition coefficient (Wildman–Crippen LogP) is 0.364. The van der Waals surface area contributed by atoms with Crippen molar-refractivity contribution in [2.45, 2.75) is 0 Å². The maximum Gasteiger partial charge on any atom is 0.422 e. The molecule has 0 saturated carbocycles. The van der Waals surface area contributed by atoms with Crippen molar-refractivity contribution >= 4 is 39.2 Å². The third-order valence-corrected chi connectivity index (χ3v) is 2.93. The van der Waals surface area contributed by atoms with Gasteiger partial charge in [0.1, 0.15) is 17.3 Å². The number of nitrogens with two attached hydrogens (primary N) is 1. The molecule has 10 heteroatoms. The monoisotopic (exact) mass is 319 g/mol. The van der Waals surface area contributed by atoms with E-state index in [0.29, 0.717) is 5.75 Å². The fourth-order valence-corrected chi connectivity index (χ4v) is 1.99. The van der Waals surface area contributed by atoms with E-state index in [1.165, 1.54) is 12.1 Å². The molecule has 4 N–H and O–H groups in total. The number of ether oxygens (including phenoxy) is 2. The Morgan fingerprint density at radius 1 is 1.45 bits per heavy atom. The molecule has 1 rings (SSSR count). The van der Waals surface area contributed by atoms with Crippen LogP contribution in [0.15, 0.2) is 24.3 Å². The number of carbonyl (C=O) groups excluding carboxylic acids is 1. The predicted molar refractivity (Wildman–Crippen MR) is 76.8 cm³/mol. The number of hydrogen-bond donors (Lipinski definition) is 3. The van der Waals surface area contributed by atoms with Crippen LogP contribution in [0.5, 0.6) is 5.75 Å². The van der Waals surface area contributed by atoms with Crippen LogP contribution in [0.4, 0.5) is 10.5 Å². The average molecular weight is 319 g/mol. The number of methoxy groups -OCH3 is 1. The highest BCUT2D eigenvalue weighted by atomic mass is 32.2. The Morgan fingerprint density at radius 3 is 2.75 bits per heavy atom. The van der Waals surface area contributed by atoms with E-state index in [9.17, 15) is 13.2 Å². The molecule has 0 aliphatic carbocycles. The number of carbonyl (C=O) groups is 1. The van der Waals surface area contributed by atoms with Crippen molar-refractivity contribution in [3.8, 4) is 5.75 Å². The van der Waals surface area contributed by atoms with Crippen LogP contribution in [-0.2, 0) is 14.9 Å². The van der Waals surface area contributed by atoms with Crippen LogP contribution >= 0.6 is 12.2 Å². The highest BCUT2D eigenvalue weighted by Crippen LogP contribution is 2.18. The van der Waals surface area contributed by atoms with E-state index < -0.39 is 16.3 Å². The fourth-order valence-electron chi connectivity index (χ4n) is 1.14. The molecular weight excluding hydrogens is 306 g/mol. The number of thiocarbonyl (C=S) groups is 1. The summed E-state index contributed by atoms with van der Waals surface area (Å²) in [6, 6.07) is 6.05. The zero-order chi connectivity index (χ0) is 15.2. The molecule has 1 aromatic rings. The molecule has 1 aromatic carbocycles. The normalized spacial score (nSPS) is 10.4.